The van der Waals surface area contributed by atoms with E-state index in [4.69, 9.17) is 0 Å². The zero-order valence-corrected chi connectivity index (χ0v) is 15.5. The Morgan fingerprint density at radius 3 is 2.38 bits per heavy atom. The maximum Gasteiger partial charge on any atom is 0.251 e. The number of likely N-dealkylation sites (tertiary alicyclic amines) is 1. The second kappa shape index (κ2) is 8.17. The van der Waals surface area contributed by atoms with E-state index < -0.39 is 0 Å². The fraction of sp³-hybridized carbons (Fsp3) is 0.364. The Morgan fingerprint density at radius 2 is 1.81 bits per heavy atom. The van der Waals surface area contributed by atoms with Crippen molar-refractivity contribution in [3.63, 3.8) is 0 Å². The van der Waals surface area contributed by atoms with Crippen molar-refractivity contribution < 1.29 is 9.59 Å². The predicted octanol–water partition coefficient (Wildman–Crippen LogP) is 4.00. The molecule has 0 aromatic heterocycles. The van der Waals surface area contributed by atoms with Crippen molar-refractivity contribution in [3.05, 3.63) is 70.8 Å². The minimum absolute atomic E-state index is 0.00463. The lowest BCUT2D eigenvalue weighted by atomic mass is 10.0. The Labute approximate surface area is 155 Å². The lowest BCUT2D eigenvalue weighted by Crippen LogP contribution is -2.28. The maximum atomic E-state index is 12.6. The highest BCUT2D eigenvalue weighted by Crippen LogP contribution is 2.19. The van der Waals surface area contributed by atoms with Crippen molar-refractivity contribution in [1.82, 2.24) is 10.2 Å². The van der Waals surface area contributed by atoms with Gasteiger partial charge in [0.25, 0.3) is 5.91 Å². The Morgan fingerprint density at radius 1 is 1.12 bits per heavy atom. The van der Waals surface area contributed by atoms with Crippen LogP contribution in [0.4, 0.5) is 0 Å². The SMILES string of the molecule is CC[C@H](NC(=O)c1ccc(CN2CCCC2=O)cc1)c1ccc(C)cc1. The molecule has 0 bridgehead atoms. The molecule has 0 aliphatic carbocycles. The van der Waals surface area contributed by atoms with Crippen molar-refractivity contribution in [1.29, 1.82) is 0 Å². The minimum Gasteiger partial charge on any atom is -0.345 e. The first-order valence-corrected chi connectivity index (χ1v) is 9.31. The molecule has 1 N–H and O–H groups in total. The van der Waals surface area contributed by atoms with Gasteiger partial charge in [-0.1, -0.05) is 48.9 Å². The number of amides is 2. The number of hydrogen-bond acceptors (Lipinski definition) is 2. The molecule has 2 aromatic carbocycles. The summed E-state index contributed by atoms with van der Waals surface area (Å²) >= 11 is 0. The topological polar surface area (TPSA) is 49.4 Å². The molecular formula is C22H26N2O2. The second-order valence-electron chi connectivity index (χ2n) is 6.96. The van der Waals surface area contributed by atoms with Crippen LogP contribution in [0.15, 0.2) is 48.5 Å². The molecule has 1 fully saturated rings. The van der Waals surface area contributed by atoms with Crippen LogP contribution in [0.2, 0.25) is 0 Å². The van der Waals surface area contributed by atoms with Gasteiger partial charge in [0.1, 0.15) is 0 Å². The molecule has 0 saturated carbocycles. The van der Waals surface area contributed by atoms with Gasteiger partial charge in [0.15, 0.2) is 0 Å². The number of aryl methyl sites for hydroxylation is 1. The number of carbonyl (C=O) groups excluding carboxylic acids is 2. The number of benzene rings is 2. The van der Waals surface area contributed by atoms with Crippen molar-refractivity contribution >= 4 is 11.8 Å². The second-order valence-corrected chi connectivity index (χ2v) is 6.96. The molecule has 1 heterocycles. The summed E-state index contributed by atoms with van der Waals surface area (Å²) in [4.78, 5) is 26.2. The summed E-state index contributed by atoms with van der Waals surface area (Å²) in [5.41, 5.74) is 4.03. The highest BCUT2D eigenvalue weighted by Gasteiger charge is 2.20. The Kier molecular flexibility index (Phi) is 5.71. The van der Waals surface area contributed by atoms with E-state index in [2.05, 4.69) is 43.4 Å². The molecule has 136 valence electrons. The smallest absolute Gasteiger partial charge is 0.251 e. The molecule has 2 amide bonds. The Bertz CT molecular complexity index is 766. The van der Waals surface area contributed by atoms with E-state index in [1.54, 1.807) is 0 Å². The molecule has 0 spiro atoms. The molecule has 1 atom stereocenters. The molecule has 4 heteroatoms. The van der Waals surface area contributed by atoms with Crippen LogP contribution in [0.25, 0.3) is 0 Å². The highest BCUT2D eigenvalue weighted by molar-refractivity contribution is 5.94. The van der Waals surface area contributed by atoms with Crippen molar-refractivity contribution in [2.75, 3.05) is 6.54 Å². The van der Waals surface area contributed by atoms with Crippen LogP contribution in [-0.4, -0.2) is 23.3 Å². The van der Waals surface area contributed by atoms with E-state index in [0.29, 0.717) is 18.5 Å². The zero-order valence-electron chi connectivity index (χ0n) is 15.5. The van der Waals surface area contributed by atoms with E-state index in [-0.39, 0.29) is 17.9 Å². The van der Waals surface area contributed by atoms with Gasteiger partial charge in [0.2, 0.25) is 5.91 Å². The largest absolute Gasteiger partial charge is 0.345 e. The van der Waals surface area contributed by atoms with Gasteiger partial charge in [-0.2, -0.15) is 0 Å². The number of carbonyl (C=O) groups is 2. The molecule has 0 unspecified atom stereocenters. The van der Waals surface area contributed by atoms with Crippen LogP contribution in [0.3, 0.4) is 0 Å². The van der Waals surface area contributed by atoms with Gasteiger partial charge in [-0.15, -0.1) is 0 Å². The molecule has 1 aliphatic rings. The quantitative estimate of drug-likeness (QED) is 0.856. The van der Waals surface area contributed by atoms with Crippen LogP contribution >= 0.6 is 0 Å². The van der Waals surface area contributed by atoms with Crippen LogP contribution in [0, 0.1) is 6.92 Å². The number of rotatable bonds is 6. The average molecular weight is 350 g/mol. The summed E-state index contributed by atoms with van der Waals surface area (Å²) in [5, 5.41) is 3.11. The van der Waals surface area contributed by atoms with Gasteiger partial charge < -0.3 is 10.2 Å². The van der Waals surface area contributed by atoms with Gasteiger partial charge in [0, 0.05) is 25.1 Å². The summed E-state index contributed by atoms with van der Waals surface area (Å²) in [5.74, 6) is 0.150. The fourth-order valence-corrected chi connectivity index (χ4v) is 3.31. The minimum atomic E-state index is -0.0683. The Balaban J connectivity index is 1.63. The van der Waals surface area contributed by atoms with Gasteiger partial charge in [-0.3, -0.25) is 9.59 Å². The standard InChI is InChI=1S/C22H26N2O2/c1-3-20(18-10-6-16(2)7-11-18)23-22(26)19-12-8-17(9-13-19)15-24-14-4-5-21(24)25/h6-13,20H,3-5,14-15H2,1-2H3,(H,23,26)/t20-/m0/s1. The third-order valence-electron chi connectivity index (χ3n) is 4.95. The third-order valence-corrected chi connectivity index (χ3v) is 4.95. The van der Waals surface area contributed by atoms with E-state index in [0.717, 1.165) is 30.5 Å². The summed E-state index contributed by atoms with van der Waals surface area (Å²) in [6, 6.07) is 15.8. The lowest BCUT2D eigenvalue weighted by Gasteiger charge is -2.18. The fourth-order valence-electron chi connectivity index (χ4n) is 3.31. The zero-order chi connectivity index (χ0) is 18.5. The van der Waals surface area contributed by atoms with Gasteiger partial charge in [-0.05, 0) is 43.0 Å². The van der Waals surface area contributed by atoms with Crippen LogP contribution in [-0.2, 0) is 11.3 Å². The monoisotopic (exact) mass is 350 g/mol. The van der Waals surface area contributed by atoms with Crippen molar-refractivity contribution in [2.24, 2.45) is 0 Å². The van der Waals surface area contributed by atoms with E-state index >= 15 is 0 Å². The number of nitrogens with one attached hydrogen (secondary N) is 1. The van der Waals surface area contributed by atoms with Crippen molar-refractivity contribution in [3.8, 4) is 0 Å². The van der Waals surface area contributed by atoms with E-state index in [1.165, 1.54) is 5.56 Å². The molecule has 1 saturated heterocycles. The number of nitrogens with zero attached hydrogens (tertiary/aromatic N) is 1. The molecule has 26 heavy (non-hydrogen) atoms. The van der Waals surface area contributed by atoms with E-state index in [9.17, 15) is 9.59 Å². The maximum absolute atomic E-state index is 12.6. The molecule has 1 aliphatic heterocycles. The van der Waals surface area contributed by atoms with Gasteiger partial charge in [-0.25, -0.2) is 0 Å². The van der Waals surface area contributed by atoms with Crippen LogP contribution in [0.5, 0.6) is 0 Å². The number of hydrogen-bond donors (Lipinski definition) is 1. The first-order valence-electron chi connectivity index (χ1n) is 9.31. The van der Waals surface area contributed by atoms with Crippen LogP contribution in [0.1, 0.15) is 59.3 Å². The highest BCUT2D eigenvalue weighted by atomic mass is 16.2. The van der Waals surface area contributed by atoms with E-state index in [1.807, 2.05) is 29.2 Å². The summed E-state index contributed by atoms with van der Waals surface area (Å²) in [7, 11) is 0. The molecule has 3 rings (SSSR count). The molecule has 4 nitrogen and oxygen atoms in total. The summed E-state index contributed by atoms with van der Waals surface area (Å²) < 4.78 is 0. The molecule has 2 aromatic rings. The molecular weight excluding hydrogens is 324 g/mol. The van der Waals surface area contributed by atoms with Gasteiger partial charge in [0.05, 0.1) is 6.04 Å². The summed E-state index contributed by atoms with van der Waals surface area (Å²) in [6.45, 7) is 5.58. The summed E-state index contributed by atoms with van der Waals surface area (Å²) in [6.07, 6.45) is 2.43. The molecule has 0 radical (unpaired) electrons. The predicted molar refractivity (Wildman–Crippen MR) is 103 cm³/mol. The van der Waals surface area contributed by atoms with Crippen LogP contribution < -0.4 is 5.32 Å². The first kappa shape index (κ1) is 18.2. The average Bonchev–Trinajstić information content (AvgIpc) is 3.05. The first-order chi connectivity index (χ1) is 12.6. The van der Waals surface area contributed by atoms with Gasteiger partial charge >= 0.3 is 0 Å². The van der Waals surface area contributed by atoms with Crippen molar-refractivity contribution in [2.45, 2.75) is 45.7 Å². The lowest BCUT2D eigenvalue weighted by molar-refractivity contribution is -0.128. The normalized spacial score (nSPS) is 15.2. The third kappa shape index (κ3) is 4.31. The Hall–Kier alpha value is -2.62.